The third kappa shape index (κ3) is 4.55. The Morgan fingerprint density at radius 2 is 1.03 bits per heavy atom. The van der Waals surface area contributed by atoms with Crippen molar-refractivity contribution in [2.45, 2.75) is 11.8 Å². The van der Waals surface area contributed by atoms with Crippen LogP contribution >= 0.6 is 45.9 Å². The van der Waals surface area contributed by atoms with Gasteiger partial charge in [-0.25, -0.2) is 0 Å². The first kappa shape index (κ1) is 21.3. The summed E-state index contributed by atoms with van der Waals surface area (Å²) in [6, 6.07) is 28.5. The van der Waals surface area contributed by atoms with Crippen LogP contribution in [0, 0.1) is 0 Å². The molecule has 0 aliphatic carbocycles. The molecule has 0 spiro atoms. The van der Waals surface area contributed by atoms with Gasteiger partial charge in [-0.1, -0.05) is 60.7 Å². The summed E-state index contributed by atoms with van der Waals surface area (Å²) in [5.74, 6) is -0.140. The number of carbonyl (C=O) groups is 1. The highest BCUT2D eigenvalue weighted by molar-refractivity contribution is 7.16. The normalized spacial score (nSPS) is 13.1. The van der Waals surface area contributed by atoms with Crippen molar-refractivity contribution in [1.82, 2.24) is 0 Å². The largest absolute Gasteiger partial charge is 0.298 e. The van der Waals surface area contributed by atoms with Crippen LogP contribution in [0.25, 0.3) is 20.9 Å². The molecule has 2 atom stereocenters. The highest BCUT2D eigenvalue weighted by atomic mass is 35.5. The van der Waals surface area contributed by atoms with Crippen LogP contribution in [0.3, 0.4) is 0 Å². The molecular weight excluding hydrogens is 451 g/mol. The molecule has 0 saturated heterocycles. The Morgan fingerprint density at radius 3 is 1.40 bits per heavy atom. The fourth-order valence-electron chi connectivity index (χ4n) is 3.42. The molecule has 0 saturated carbocycles. The van der Waals surface area contributed by atoms with Gasteiger partial charge < -0.3 is 0 Å². The van der Waals surface area contributed by atoms with E-state index in [1.165, 1.54) is 0 Å². The summed E-state index contributed by atoms with van der Waals surface area (Å²) in [6.45, 7) is 0. The van der Waals surface area contributed by atoms with Crippen molar-refractivity contribution in [3.63, 3.8) is 0 Å². The average molecular weight is 471 g/mol. The van der Waals surface area contributed by atoms with Gasteiger partial charge in [0, 0.05) is 31.3 Å². The van der Waals surface area contributed by atoms with Gasteiger partial charge in [-0.2, -0.15) is 0 Å². The zero-order valence-electron chi connectivity index (χ0n) is 16.1. The lowest BCUT2D eigenvalue weighted by Crippen LogP contribution is -2.22. The Balaban J connectivity index is 1.58. The third-order valence-electron chi connectivity index (χ3n) is 5.05. The van der Waals surface area contributed by atoms with E-state index in [9.17, 15) is 4.79 Å². The molecule has 30 heavy (non-hydrogen) atoms. The summed E-state index contributed by atoms with van der Waals surface area (Å²) in [6.07, 6.45) is 0. The fraction of sp³-hybridized carbons (Fsp3) is 0.160. The molecule has 5 heteroatoms. The first-order valence-corrected chi connectivity index (χ1v) is 12.4. The van der Waals surface area contributed by atoms with Crippen LogP contribution in [0.4, 0.5) is 0 Å². The van der Waals surface area contributed by atoms with Crippen molar-refractivity contribution in [2.24, 2.45) is 0 Å². The molecule has 0 N–H and O–H groups in total. The van der Waals surface area contributed by atoms with Crippen LogP contribution in [-0.4, -0.2) is 17.5 Å². The van der Waals surface area contributed by atoms with Crippen molar-refractivity contribution in [1.29, 1.82) is 0 Å². The van der Waals surface area contributed by atoms with Crippen molar-refractivity contribution in [3.05, 3.63) is 94.7 Å². The van der Waals surface area contributed by atoms with Gasteiger partial charge in [-0.05, 0) is 35.4 Å². The van der Waals surface area contributed by atoms with Crippen molar-refractivity contribution >= 4 is 51.7 Å². The van der Waals surface area contributed by atoms with E-state index >= 15 is 0 Å². The van der Waals surface area contributed by atoms with Gasteiger partial charge in [0.05, 0.1) is 11.8 Å². The fourth-order valence-corrected chi connectivity index (χ4v) is 6.49. The molecule has 0 bridgehead atoms. The molecule has 152 valence electrons. The first-order valence-electron chi connectivity index (χ1n) is 9.67. The topological polar surface area (TPSA) is 17.1 Å². The van der Waals surface area contributed by atoms with Crippen LogP contribution in [0.15, 0.2) is 84.9 Å². The van der Waals surface area contributed by atoms with Crippen LogP contribution in [-0.2, 0) is 4.79 Å². The maximum absolute atomic E-state index is 13.4. The third-order valence-corrected chi connectivity index (χ3v) is 8.17. The summed E-state index contributed by atoms with van der Waals surface area (Å²) in [7, 11) is 0. The highest BCUT2D eigenvalue weighted by Crippen LogP contribution is 2.39. The molecule has 2 unspecified atom stereocenters. The van der Waals surface area contributed by atoms with E-state index in [1.807, 2.05) is 48.5 Å². The predicted molar refractivity (Wildman–Crippen MR) is 131 cm³/mol. The second-order valence-corrected chi connectivity index (χ2v) is 9.80. The minimum absolute atomic E-state index is 0.0860. The minimum atomic E-state index is -0.361. The van der Waals surface area contributed by atoms with E-state index in [4.69, 9.17) is 23.2 Å². The number of alkyl halides is 2. The summed E-state index contributed by atoms with van der Waals surface area (Å²) < 4.78 is 0. The van der Waals surface area contributed by atoms with E-state index in [1.54, 1.807) is 22.7 Å². The molecule has 0 aliphatic rings. The number of thiophene rings is 2. The zero-order valence-corrected chi connectivity index (χ0v) is 19.3. The first-order chi connectivity index (χ1) is 14.7. The molecule has 4 aromatic rings. The molecule has 0 aliphatic heterocycles. The van der Waals surface area contributed by atoms with Crippen LogP contribution < -0.4 is 0 Å². The standard InChI is InChI=1S/C25H20Cl2OS2/c26-15-19(23-13-11-21(29-23)17-7-3-1-4-8-17)25(28)20(16-27)24-14-12-22(30-24)18-9-5-2-6-10-18/h1-14,19-20H,15-16H2. The number of ketones is 1. The molecular formula is C25H20Cl2OS2. The second-order valence-electron chi connectivity index (χ2n) is 6.95. The van der Waals surface area contributed by atoms with E-state index < -0.39 is 0 Å². The number of benzene rings is 2. The van der Waals surface area contributed by atoms with Gasteiger partial charge >= 0.3 is 0 Å². The smallest absolute Gasteiger partial charge is 0.151 e. The maximum atomic E-state index is 13.4. The minimum Gasteiger partial charge on any atom is -0.298 e. The van der Waals surface area contributed by atoms with Gasteiger partial charge in [0.15, 0.2) is 5.78 Å². The molecule has 1 nitrogen and oxygen atoms in total. The number of carbonyl (C=O) groups excluding carboxylic acids is 1. The molecule has 2 aromatic heterocycles. The number of rotatable bonds is 8. The van der Waals surface area contributed by atoms with Gasteiger partial charge in [0.2, 0.25) is 0 Å². The van der Waals surface area contributed by atoms with Crippen LogP contribution in [0.2, 0.25) is 0 Å². The van der Waals surface area contributed by atoms with Crippen molar-refractivity contribution < 1.29 is 4.79 Å². The molecule has 4 rings (SSSR count). The number of halogens is 2. The summed E-state index contributed by atoms with van der Waals surface area (Å²) in [5, 5.41) is 0. The van der Waals surface area contributed by atoms with Gasteiger partial charge in [-0.15, -0.1) is 45.9 Å². The molecule has 2 heterocycles. The summed E-state index contributed by atoms with van der Waals surface area (Å²) in [5.41, 5.74) is 2.29. The van der Waals surface area contributed by atoms with Crippen molar-refractivity contribution in [2.75, 3.05) is 11.8 Å². The van der Waals surface area contributed by atoms with E-state index in [2.05, 4.69) is 36.4 Å². The lowest BCUT2D eigenvalue weighted by Gasteiger charge is -2.17. The number of Topliss-reactive ketones (excluding diaryl/α,β-unsaturated/α-hetero) is 1. The lowest BCUT2D eigenvalue weighted by molar-refractivity contribution is -0.120. The zero-order chi connectivity index (χ0) is 20.9. The van der Waals surface area contributed by atoms with E-state index in [0.29, 0.717) is 0 Å². The Kier molecular flexibility index (Phi) is 7.06. The summed E-state index contributed by atoms with van der Waals surface area (Å²) >= 11 is 15.8. The Bertz CT molecular complexity index is 1010. The average Bonchev–Trinajstić information content (AvgIpc) is 3.47. The second kappa shape index (κ2) is 9.93. The molecule has 2 aromatic carbocycles. The predicted octanol–water partition coefficient (Wildman–Crippen LogP) is 8.06. The Morgan fingerprint density at radius 1 is 0.633 bits per heavy atom. The quantitative estimate of drug-likeness (QED) is 0.238. The molecule has 0 radical (unpaired) electrons. The van der Waals surface area contributed by atoms with Gasteiger partial charge in [-0.3, -0.25) is 4.79 Å². The number of hydrogen-bond acceptors (Lipinski definition) is 3. The van der Waals surface area contributed by atoms with E-state index in [-0.39, 0.29) is 29.4 Å². The van der Waals surface area contributed by atoms with Crippen LogP contribution in [0.5, 0.6) is 0 Å². The van der Waals surface area contributed by atoms with Crippen LogP contribution in [0.1, 0.15) is 21.6 Å². The highest BCUT2D eigenvalue weighted by Gasteiger charge is 2.30. The SMILES string of the molecule is O=C(C(CCl)c1ccc(-c2ccccc2)s1)C(CCl)c1ccc(-c2ccccc2)s1. The Labute approximate surface area is 194 Å². The van der Waals surface area contributed by atoms with Gasteiger partial charge in [0.25, 0.3) is 0 Å². The van der Waals surface area contributed by atoms with Crippen molar-refractivity contribution in [3.8, 4) is 20.9 Å². The maximum Gasteiger partial charge on any atom is 0.151 e. The Hall–Kier alpha value is -1.91. The summed E-state index contributed by atoms with van der Waals surface area (Å²) in [4.78, 5) is 17.7. The lowest BCUT2D eigenvalue weighted by atomic mass is 9.93. The molecule has 0 amide bonds. The molecule has 0 fully saturated rings. The van der Waals surface area contributed by atoms with Gasteiger partial charge in [0.1, 0.15) is 0 Å². The monoisotopic (exact) mass is 470 g/mol. The van der Waals surface area contributed by atoms with E-state index in [0.717, 1.165) is 30.6 Å². The number of hydrogen-bond donors (Lipinski definition) is 0.